The summed E-state index contributed by atoms with van der Waals surface area (Å²) in [6.07, 6.45) is 2.50. The van der Waals surface area contributed by atoms with Gasteiger partial charge in [0.15, 0.2) is 0 Å². The predicted molar refractivity (Wildman–Crippen MR) is 99.2 cm³/mol. The second-order valence-electron chi connectivity index (χ2n) is 6.91. The first-order chi connectivity index (χ1) is 11.5. The van der Waals surface area contributed by atoms with Crippen molar-refractivity contribution in [2.45, 2.75) is 38.9 Å². The molecule has 1 unspecified atom stereocenters. The van der Waals surface area contributed by atoms with Crippen LogP contribution in [0.4, 0.5) is 0 Å². The van der Waals surface area contributed by atoms with Gasteiger partial charge in [0.2, 0.25) is 0 Å². The SMILES string of the molecule is Cc1nn(C)c(Cl)c1CN1CCCC(N(C)Cc2ccccc2)C1. The molecule has 1 saturated heterocycles. The number of nitrogens with zero attached hydrogens (tertiary/aromatic N) is 4. The third kappa shape index (κ3) is 4.00. The number of likely N-dealkylation sites (tertiary alicyclic amines) is 1. The number of aryl methyl sites for hydroxylation is 2. The molecule has 130 valence electrons. The molecule has 1 aliphatic rings. The van der Waals surface area contributed by atoms with E-state index < -0.39 is 0 Å². The van der Waals surface area contributed by atoms with Gasteiger partial charge in [0.25, 0.3) is 0 Å². The van der Waals surface area contributed by atoms with Crippen LogP contribution in [0.15, 0.2) is 30.3 Å². The summed E-state index contributed by atoms with van der Waals surface area (Å²) < 4.78 is 1.77. The van der Waals surface area contributed by atoms with Crippen molar-refractivity contribution in [2.24, 2.45) is 7.05 Å². The lowest BCUT2D eigenvalue weighted by molar-refractivity contribution is 0.107. The van der Waals surface area contributed by atoms with E-state index in [0.29, 0.717) is 6.04 Å². The molecule has 4 nitrogen and oxygen atoms in total. The minimum atomic E-state index is 0.592. The Balaban J connectivity index is 1.61. The fraction of sp³-hybridized carbons (Fsp3) is 0.526. The summed E-state index contributed by atoms with van der Waals surface area (Å²) >= 11 is 6.40. The number of aromatic nitrogens is 2. The molecule has 1 aromatic carbocycles. The number of halogens is 1. The Hall–Kier alpha value is -1.36. The fourth-order valence-corrected chi connectivity index (χ4v) is 3.85. The molecule has 1 aliphatic heterocycles. The van der Waals surface area contributed by atoms with E-state index in [1.54, 1.807) is 4.68 Å². The Morgan fingerprint density at radius 1 is 1.29 bits per heavy atom. The second-order valence-corrected chi connectivity index (χ2v) is 7.27. The highest BCUT2D eigenvalue weighted by atomic mass is 35.5. The molecule has 1 fully saturated rings. The largest absolute Gasteiger partial charge is 0.298 e. The van der Waals surface area contributed by atoms with Gasteiger partial charge in [-0.1, -0.05) is 41.9 Å². The van der Waals surface area contributed by atoms with Crippen molar-refractivity contribution in [3.05, 3.63) is 52.3 Å². The average molecular weight is 347 g/mol. The summed E-state index contributed by atoms with van der Waals surface area (Å²) in [4.78, 5) is 5.00. The number of likely N-dealkylation sites (N-methyl/N-ethyl adjacent to an activating group) is 1. The Morgan fingerprint density at radius 2 is 2.04 bits per heavy atom. The van der Waals surface area contributed by atoms with Crippen LogP contribution in [-0.2, 0) is 20.1 Å². The third-order valence-corrected chi connectivity index (χ3v) is 5.50. The van der Waals surface area contributed by atoms with Crippen molar-refractivity contribution in [2.75, 3.05) is 20.1 Å². The van der Waals surface area contributed by atoms with Crippen LogP contribution in [0.1, 0.15) is 29.7 Å². The number of benzene rings is 1. The lowest BCUT2D eigenvalue weighted by Crippen LogP contribution is -2.45. The normalized spacial score (nSPS) is 19.1. The van der Waals surface area contributed by atoms with Crippen LogP contribution in [0.5, 0.6) is 0 Å². The van der Waals surface area contributed by atoms with Gasteiger partial charge in [0, 0.05) is 38.3 Å². The average Bonchev–Trinajstić information content (AvgIpc) is 2.82. The molecule has 1 aromatic heterocycles. The van der Waals surface area contributed by atoms with Gasteiger partial charge in [-0.2, -0.15) is 5.10 Å². The summed E-state index contributed by atoms with van der Waals surface area (Å²) in [5.74, 6) is 0. The Bertz CT molecular complexity index is 668. The second kappa shape index (κ2) is 7.68. The molecule has 3 rings (SSSR count). The van der Waals surface area contributed by atoms with E-state index in [4.69, 9.17) is 11.6 Å². The van der Waals surface area contributed by atoms with Gasteiger partial charge in [-0.05, 0) is 38.9 Å². The van der Waals surface area contributed by atoms with Crippen LogP contribution in [0.2, 0.25) is 5.15 Å². The lowest BCUT2D eigenvalue weighted by Gasteiger charge is -2.37. The maximum absolute atomic E-state index is 6.40. The monoisotopic (exact) mass is 346 g/mol. The van der Waals surface area contributed by atoms with Crippen molar-refractivity contribution in [3.63, 3.8) is 0 Å². The first-order valence-electron chi connectivity index (χ1n) is 8.69. The third-order valence-electron chi connectivity index (χ3n) is 5.03. The summed E-state index contributed by atoms with van der Waals surface area (Å²) in [6.45, 7) is 6.18. The highest BCUT2D eigenvalue weighted by Crippen LogP contribution is 2.24. The van der Waals surface area contributed by atoms with Crippen molar-refractivity contribution in [1.82, 2.24) is 19.6 Å². The number of hydrogen-bond donors (Lipinski definition) is 0. The minimum Gasteiger partial charge on any atom is -0.298 e. The minimum absolute atomic E-state index is 0.592. The van der Waals surface area contributed by atoms with E-state index in [0.717, 1.165) is 37.0 Å². The van der Waals surface area contributed by atoms with Crippen molar-refractivity contribution >= 4 is 11.6 Å². The van der Waals surface area contributed by atoms with Gasteiger partial charge in [-0.3, -0.25) is 14.5 Å². The van der Waals surface area contributed by atoms with Gasteiger partial charge in [-0.15, -0.1) is 0 Å². The maximum atomic E-state index is 6.40. The van der Waals surface area contributed by atoms with E-state index in [2.05, 4.69) is 52.3 Å². The Kier molecular flexibility index (Phi) is 5.59. The number of rotatable bonds is 5. The van der Waals surface area contributed by atoms with E-state index >= 15 is 0 Å². The Morgan fingerprint density at radius 3 is 2.71 bits per heavy atom. The smallest absolute Gasteiger partial charge is 0.131 e. The van der Waals surface area contributed by atoms with Crippen LogP contribution in [0.3, 0.4) is 0 Å². The zero-order valence-corrected chi connectivity index (χ0v) is 15.6. The molecule has 0 aliphatic carbocycles. The summed E-state index contributed by atoms with van der Waals surface area (Å²) in [5.41, 5.74) is 3.59. The van der Waals surface area contributed by atoms with Crippen LogP contribution in [0.25, 0.3) is 0 Å². The van der Waals surface area contributed by atoms with Gasteiger partial charge in [0.05, 0.1) is 5.69 Å². The van der Waals surface area contributed by atoms with Crippen molar-refractivity contribution in [1.29, 1.82) is 0 Å². The van der Waals surface area contributed by atoms with Gasteiger partial charge in [-0.25, -0.2) is 0 Å². The first kappa shape index (κ1) is 17.5. The molecule has 0 N–H and O–H groups in total. The fourth-order valence-electron chi connectivity index (χ4n) is 3.61. The van der Waals surface area contributed by atoms with Crippen LogP contribution < -0.4 is 0 Å². The molecule has 0 saturated carbocycles. The molecule has 0 bridgehead atoms. The first-order valence-corrected chi connectivity index (χ1v) is 9.07. The van der Waals surface area contributed by atoms with Gasteiger partial charge < -0.3 is 0 Å². The molecular weight excluding hydrogens is 320 g/mol. The molecule has 0 radical (unpaired) electrons. The van der Waals surface area contributed by atoms with E-state index in [1.807, 2.05) is 14.0 Å². The molecule has 2 heterocycles. The lowest BCUT2D eigenvalue weighted by atomic mass is 10.0. The van der Waals surface area contributed by atoms with Crippen molar-refractivity contribution < 1.29 is 0 Å². The topological polar surface area (TPSA) is 24.3 Å². The summed E-state index contributed by atoms with van der Waals surface area (Å²) in [6, 6.07) is 11.3. The van der Waals surface area contributed by atoms with Crippen LogP contribution in [-0.4, -0.2) is 45.8 Å². The Labute approximate surface area is 150 Å². The van der Waals surface area contributed by atoms with Crippen molar-refractivity contribution in [3.8, 4) is 0 Å². The summed E-state index contributed by atoms with van der Waals surface area (Å²) in [7, 11) is 4.15. The van der Waals surface area contributed by atoms with E-state index in [9.17, 15) is 0 Å². The quantitative estimate of drug-likeness (QED) is 0.828. The zero-order valence-electron chi connectivity index (χ0n) is 14.9. The molecule has 2 aromatic rings. The van der Waals surface area contributed by atoms with Gasteiger partial charge >= 0.3 is 0 Å². The molecule has 1 atom stereocenters. The molecule has 0 spiro atoms. The predicted octanol–water partition coefficient (Wildman–Crippen LogP) is 3.48. The molecule has 5 heteroatoms. The highest BCUT2D eigenvalue weighted by Gasteiger charge is 2.25. The molecule has 24 heavy (non-hydrogen) atoms. The van der Waals surface area contributed by atoms with E-state index in [1.165, 1.54) is 24.0 Å². The van der Waals surface area contributed by atoms with E-state index in [-0.39, 0.29) is 0 Å². The van der Waals surface area contributed by atoms with Crippen LogP contribution in [0, 0.1) is 6.92 Å². The van der Waals surface area contributed by atoms with Gasteiger partial charge in [0.1, 0.15) is 5.15 Å². The molecule has 0 amide bonds. The number of piperidine rings is 1. The molecular formula is C19H27ClN4. The zero-order chi connectivity index (χ0) is 17.1. The number of hydrogen-bond acceptors (Lipinski definition) is 3. The summed E-state index contributed by atoms with van der Waals surface area (Å²) in [5, 5.41) is 5.20. The maximum Gasteiger partial charge on any atom is 0.131 e. The van der Waals surface area contributed by atoms with Crippen LogP contribution >= 0.6 is 11.6 Å². The standard InChI is InChI=1S/C19H27ClN4/c1-15-18(19(20)23(3)21-15)14-24-11-7-10-17(13-24)22(2)12-16-8-5-4-6-9-16/h4-6,8-9,17H,7,10-14H2,1-3H3. The highest BCUT2D eigenvalue weighted by molar-refractivity contribution is 6.30.